The first-order valence-corrected chi connectivity index (χ1v) is 6.46. The van der Waals surface area contributed by atoms with Crippen molar-refractivity contribution in [3.63, 3.8) is 0 Å². The molecule has 16 heavy (non-hydrogen) atoms. The normalized spacial score (nSPS) is 31.1. The lowest BCUT2D eigenvalue weighted by atomic mass is 9.90. The Morgan fingerprint density at radius 1 is 1.56 bits per heavy atom. The third-order valence-electron chi connectivity index (χ3n) is 3.66. The summed E-state index contributed by atoms with van der Waals surface area (Å²) in [7, 11) is 0. The molecular weight excluding hydrogens is 198 g/mol. The molecule has 1 saturated heterocycles. The standard InChI is InChI=1S/C14H23NO/c1-11-9-13(7-6-12(2)16)10-15-8-4-3-5-14(11)15/h7,9,12,14,16H,3-6,8,10H2,1-2H3/b13-7+. The van der Waals surface area contributed by atoms with Crippen molar-refractivity contribution in [2.24, 2.45) is 0 Å². The maximum absolute atomic E-state index is 9.30. The Kier molecular flexibility index (Phi) is 3.82. The topological polar surface area (TPSA) is 23.5 Å². The average Bonchev–Trinajstić information content (AvgIpc) is 2.26. The summed E-state index contributed by atoms with van der Waals surface area (Å²) in [6.45, 7) is 6.41. The van der Waals surface area contributed by atoms with Gasteiger partial charge in [0.15, 0.2) is 0 Å². The molecule has 2 nitrogen and oxygen atoms in total. The van der Waals surface area contributed by atoms with Gasteiger partial charge in [0, 0.05) is 12.6 Å². The molecule has 0 saturated carbocycles. The van der Waals surface area contributed by atoms with Crippen molar-refractivity contribution in [1.82, 2.24) is 4.90 Å². The molecule has 2 heteroatoms. The summed E-state index contributed by atoms with van der Waals surface area (Å²) < 4.78 is 0. The van der Waals surface area contributed by atoms with Crippen molar-refractivity contribution >= 4 is 0 Å². The maximum Gasteiger partial charge on any atom is 0.0546 e. The van der Waals surface area contributed by atoms with Crippen LogP contribution in [0.4, 0.5) is 0 Å². The van der Waals surface area contributed by atoms with Crippen molar-refractivity contribution in [3.8, 4) is 0 Å². The highest BCUT2D eigenvalue weighted by molar-refractivity contribution is 5.31. The number of fused-ring (bicyclic) bond motifs is 1. The van der Waals surface area contributed by atoms with Gasteiger partial charge >= 0.3 is 0 Å². The zero-order valence-electron chi connectivity index (χ0n) is 10.4. The molecule has 0 aromatic carbocycles. The fraction of sp³-hybridized carbons (Fsp3) is 0.714. The van der Waals surface area contributed by atoms with Gasteiger partial charge < -0.3 is 5.11 Å². The number of piperidine rings is 1. The van der Waals surface area contributed by atoms with E-state index in [1.165, 1.54) is 37.0 Å². The largest absolute Gasteiger partial charge is 0.393 e. The van der Waals surface area contributed by atoms with Gasteiger partial charge in [-0.2, -0.15) is 0 Å². The van der Waals surface area contributed by atoms with Crippen LogP contribution in [0.1, 0.15) is 39.5 Å². The molecule has 2 aliphatic rings. The van der Waals surface area contributed by atoms with Gasteiger partial charge in [0.05, 0.1) is 6.10 Å². The second-order valence-electron chi connectivity index (χ2n) is 5.23. The highest BCUT2D eigenvalue weighted by Gasteiger charge is 2.26. The Hall–Kier alpha value is -0.600. The van der Waals surface area contributed by atoms with E-state index in [0.29, 0.717) is 6.04 Å². The zero-order valence-corrected chi connectivity index (χ0v) is 10.4. The van der Waals surface area contributed by atoms with Gasteiger partial charge in [0.25, 0.3) is 0 Å². The Balaban J connectivity index is 2.07. The summed E-state index contributed by atoms with van der Waals surface area (Å²) in [5.74, 6) is 0. The number of nitrogens with zero attached hydrogens (tertiary/aromatic N) is 1. The van der Waals surface area contributed by atoms with E-state index in [-0.39, 0.29) is 6.10 Å². The van der Waals surface area contributed by atoms with Crippen LogP contribution in [-0.2, 0) is 0 Å². The van der Waals surface area contributed by atoms with Crippen LogP contribution in [0.2, 0.25) is 0 Å². The van der Waals surface area contributed by atoms with Gasteiger partial charge in [-0.05, 0) is 45.2 Å². The minimum absolute atomic E-state index is 0.222. The van der Waals surface area contributed by atoms with E-state index in [1.54, 1.807) is 0 Å². The number of aliphatic hydroxyl groups excluding tert-OH is 1. The van der Waals surface area contributed by atoms with Crippen molar-refractivity contribution in [1.29, 1.82) is 0 Å². The fourth-order valence-corrected chi connectivity index (χ4v) is 2.81. The molecule has 2 aliphatic heterocycles. The maximum atomic E-state index is 9.30. The van der Waals surface area contributed by atoms with Crippen LogP contribution in [-0.4, -0.2) is 35.2 Å². The van der Waals surface area contributed by atoms with Gasteiger partial charge in [-0.15, -0.1) is 0 Å². The van der Waals surface area contributed by atoms with Gasteiger partial charge in [0.1, 0.15) is 0 Å². The molecule has 0 aromatic heterocycles. The molecule has 1 N–H and O–H groups in total. The average molecular weight is 221 g/mol. The number of aliphatic hydroxyl groups is 1. The van der Waals surface area contributed by atoms with E-state index in [4.69, 9.17) is 0 Å². The van der Waals surface area contributed by atoms with E-state index in [9.17, 15) is 5.11 Å². The van der Waals surface area contributed by atoms with Crippen LogP contribution in [0.15, 0.2) is 23.3 Å². The van der Waals surface area contributed by atoms with Gasteiger partial charge in [-0.1, -0.05) is 24.1 Å². The third-order valence-corrected chi connectivity index (χ3v) is 3.66. The quantitative estimate of drug-likeness (QED) is 0.774. The summed E-state index contributed by atoms with van der Waals surface area (Å²) in [6.07, 6.45) is 9.12. The van der Waals surface area contributed by atoms with Crippen molar-refractivity contribution in [3.05, 3.63) is 23.3 Å². The van der Waals surface area contributed by atoms with E-state index >= 15 is 0 Å². The molecule has 0 radical (unpaired) electrons. The van der Waals surface area contributed by atoms with Crippen LogP contribution in [0, 0.1) is 0 Å². The Morgan fingerprint density at radius 2 is 2.38 bits per heavy atom. The fourth-order valence-electron chi connectivity index (χ4n) is 2.81. The number of hydrogen-bond donors (Lipinski definition) is 1. The first-order chi connectivity index (χ1) is 7.66. The van der Waals surface area contributed by atoms with Crippen molar-refractivity contribution < 1.29 is 5.11 Å². The summed E-state index contributed by atoms with van der Waals surface area (Å²) in [6, 6.07) is 0.692. The van der Waals surface area contributed by atoms with Crippen molar-refractivity contribution in [2.45, 2.75) is 51.7 Å². The summed E-state index contributed by atoms with van der Waals surface area (Å²) in [5, 5.41) is 9.30. The highest BCUT2D eigenvalue weighted by Crippen LogP contribution is 2.28. The number of rotatable bonds is 2. The summed E-state index contributed by atoms with van der Waals surface area (Å²) in [5.41, 5.74) is 2.89. The molecule has 2 rings (SSSR count). The molecular formula is C14H23NO. The van der Waals surface area contributed by atoms with E-state index in [1.807, 2.05) is 6.92 Å². The third kappa shape index (κ3) is 2.74. The van der Waals surface area contributed by atoms with Crippen molar-refractivity contribution in [2.75, 3.05) is 13.1 Å². The molecule has 1 fully saturated rings. The lowest BCUT2D eigenvalue weighted by Gasteiger charge is -2.40. The molecule has 0 aromatic rings. The SMILES string of the molecule is CC1=C/C(=C\CC(C)O)CN2CCCCC12. The summed E-state index contributed by atoms with van der Waals surface area (Å²) in [4.78, 5) is 2.59. The zero-order chi connectivity index (χ0) is 11.5. The van der Waals surface area contributed by atoms with Crippen LogP contribution >= 0.6 is 0 Å². The molecule has 0 amide bonds. The Labute approximate surface area is 98.6 Å². The molecule has 2 heterocycles. The monoisotopic (exact) mass is 221 g/mol. The predicted molar refractivity (Wildman–Crippen MR) is 67.3 cm³/mol. The Bertz CT molecular complexity index is 304. The van der Waals surface area contributed by atoms with Crippen LogP contribution in [0.3, 0.4) is 0 Å². The second-order valence-corrected chi connectivity index (χ2v) is 5.23. The minimum atomic E-state index is -0.222. The van der Waals surface area contributed by atoms with E-state index in [0.717, 1.165) is 13.0 Å². The van der Waals surface area contributed by atoms with Crippen LogP contribution in [0.25, 0.3) is 0 Å². The molecule has 2 unspecified atom stereocenters. The van der Waals surface area contributed by atoms with Crippen LogP contribution < -0.4 is 0 Å². The molecule has 0 spiro atoms. The predicted octanol–water partition coefficient (Wildman–Crippen LogP) is 2.50. The van der Waals surface area contributed by atoms with Gasteiger partial charge in [-0.25, -0.2) is 0 Å². The van der Waals surface area contributed by atoms with E-state index in [2.05, 4.69) is 24.0 Å². The molecule has 90 valence electrons. The molecule has 0 bridgehead atoms. The first-order valence-electron chi connectivity index (χ1n) is 6.46. The second kappa shape index (κ2) is 5.15. The van der Waals surface area contributed by atoms with Gasteiger partial charge in [-0.3, -0.25) is 4.90 Å². The minimum Gasteiger partial charge on any atom is -0.393 e. The lowest BCUT2D eigenvalue weighted by molar-refractivity contribution is 0.179. The number of hydrogen-bond acceptors (Lipinski definition) is 2. The van der Waals surface area contributed by atoms with Crippen LogP contribution in [0.5, 0.6) is 0 Å². The first kappa shape index (κ1) is 11.9. The lowest BCUT2D eigenvalue weighted by Crippen LogP contribution is -2.43. The van der Waals surface area contributed by atoms with E-state index < -0.39 is 0 Å². The molecule has 2 atom stereocenters. The highest BCUT2D eigenvalue weighted by atomic mass is 16.3. The Morgan fingerprint density at radius 3 is 3.12 bits per heavy atom. The smallest absolute Gasteiger partial charge is 0.0546 e. The summed E-state index contributed by atoms with van der Waals surface area (Å²) >= 11 is 0. The molecule has 0 aliphatic carbocycles. The van der Waals surface area contributed by atoms with Gasteiger partial charge in [0.2, 0.25) is 0 Å².